The van der Waals surface area contributed by atoms with Gasteiger partial charge in [0, 0.05) is 10.2 Å². The number of nitrogens with two attached hydrogens (primary N) is 1. The highest BCUT2D eigenvalue weighted by atomic mass is 79.9. The molecule has 1 aromatic rings. The van der Waals surface area contributed by atoms with E-state index >= 15 is 0 Å². The van der Waals surface area contributed by atoms with Crippen molar-refractivity contribution >= 4 is 27.6 Å². The van der Waals surface area contributed by atoms with Crippen LogP contribution in [0, 0.1) is 6.92 Å². The first-order chi connectivity index (χ1) is 7.41. The monoisotopic (exact) mass is 293 g/mol. The van der Waals surface area contributed by atoms with Crippen LogP contribution in [0.3, 0.4) is 0 Å². The normalized spacial score (nSPS) is 10.6. The number of benzene rings is 1. The number of carbonyl (C=O) groups is 1. The molecule has 6 heteroatoms. The minimum absolute atomic E-state index is 0.188. The number of hydrogen-bond acceptors (Lipinski definition) is 3. The van der Waals surface area contributed by atoms with E-state index in [2.05, 4.69) is 20.7 Å². The molecule has 0 bridgehead atoms. The van der Waals surface area contributed by atoms with Gasteiger partial charge in [-0.2, -0.15) is 0 Å². The maximum atomic E-state index is 11.9. The SMILES string of the molecule is Cc1c(N)cc(Br)cc1C(=O)OCC(F)F. The van der Waals surface area contributed by atoms with Crippen LogP contribution in [-0.2, 0) is 4.74 Å². The largest absolute Gasteiger partial charge is 0.456 e. The summed E-state index contributed by atoms with van der Waals surface area (Å²) in [7, 11) is 0. The van der Waals surface area contributed by atoms with Crippen molar-refractivity contribution in [1.29, 1.82) is 0 Å². The number of ether oxygens (including phenoxy) is 1. The maximum absolute atomic E-state index is 11.9. The van der Waals surface area contributed by atoms with Crippen LogP contribution in [0.5, 0.6) is 0 Å². The number of alkyl halides is 2. The fourth-order valence-electron chi connectivity index (χ4n) is 1.13. The summed E-state index contributed by atoms with van der Waals surface area (Å²) in [5, 5.41) is 0. The smallest absolute Gasteiger partial charge is 0.338 e. The van der Waals surface area contributed by atoms with Crippen LogP contribution >= 0.6 is 15.9 Å². The molecule has 0 aliphatic carbocycles. The highest BCUT2D eigenvalue weighted by Gasteiger charge is 2.15. The highest BCUT2D eigenvalue weighted by molar-refractivity contribution is 9.10. The zero-order chi connectivity index (χ0) is 12.3. The van der Waals surface area contributed by atoms with Crippen molar-refractivity contribution < 1.29 is 18.3 Å². The molecule has 2 N–H and O–H groups in total. The summed E-state index contributed by atoms with van der Waals surface area (Å²) in [6.07, 6.45) is -2.67. The molecule has 0 aliphatic rings. The second-order valence-electron chi connectivity index (χ2n) is 3.16. The van der Waals surface area contributed by atoms with Crippen LogP contribution in [0.1, 0.15) is 15.9 Å². The Bertz CT molecular complexity index is 410. The lowest BCUT2D eigenvalue weighted by Crippen LogP contribution is -2.13. The second kappa shape index (κ2) is 5.25. The van der Waals surface area contributed by atoms with Crippen molar-refractivity contribution in [3.8, 4) is 0 Å². The Morgan fingerprint density at radius 3 is 2.75 bits per heavy atom. The van der Waals surface area contributed by atoms with Gasteiger partial charge in [0.15, 0.2) is 6.61 Å². The molecule has 16 heavy (non-hydrogen) atoms. The summed E-state index contributed by atoms with van der Waals surface area (Å²) in [5.41, 5.74) is 6.73. The van der Waals surface area contributed by atoms with Gasteiger partial charge in [0.2, 0.25) is 0 Å². The van der Waals surface area contributed by atoms with E-state index in [1.165, 1.54) is 6.07 Å². The molecule has 0 saturated carbocycles. The summed E-state index contributed by atoms with van der Waals surface area (Å²) in [5.74, 6) is -0.800. The Morgan fingerprint density at radius 1 is 1.56 bits per heavy atom. The lowest BCUT2D eigenvalue weighted by Gasteiger charge is -2.09. The van der Waals surface area contributed by atoms with Gasteiger partial charge in [-0.25, -0.2) is 13.6 Å². The first kappa shape index (κ1) is 12.9. The molecule has 0 saturated heterocycles. The van der Waals surface area contributed by atoms with E-state index in [9.17, 15) is 13.6 Å². The molecule has 0 amide bonds. The van der Waals surface area contributed by atoms with Gasteiger partial charge in [-0.05, 0) is 24.6 Å². The minimum Gasteiger partial charge on any atom is -0.456 e. The van der Waals surface area contributed by atoms with Crippen molar-refractivity contribution in [3.05, 3.63) is 27.7 Å². The maximum Gasteiger partial charge on any atom is 0.338 e. The fourth-order valence-corrected chi connectivity index (χ4v) is 1.60. The fraction of sp³-hybridized carbons (Fsp3) is 0.300. The van der Waals surface area contributed by atoms with Crippen molar-refractivity contribution in [2.75, 3.05) is 12.3 Å². The van der Waals surface area contributed by atoms with Crippen molar-refractivity contribution in [2.24, 2.45) is 0 Å². The van der Waals surface area contributed by atoms with E-state index in [1.54, 1.807) is 13.0 Å². The van der Waals surface area contributed by atoms with Gasteiger partial charge in [0.05, 0.1) is 5.56 Å². The van der Waals surface area contributed by atoms with E-state index in [0.29, 0.717) is 15.7 Å². The Morgan fingerprint density at radius 2 is 2.19 bits per heavy atom. The topological polar surface area (TPSA) is 52.3 Å². The Balaban J connectivity index is 2.91. The average molecular weight is 294 g/mol. The Labute approximate surface area is 99.7 Å². The van der Waals surface area contributed by atoms with Crippen LogP contribution in [0.15, 0.2) is 16.6 Å². The number of hydrogen-bond donors (Lipinski definition) is 1. The number of nitrogen functional groups attached to an aromatic ring is 1. The number of carbonyl (C=O) groups excluding carboxylic acids is 1. The predicted octanol–water partition coefficient (Wildman–Crippen LogP) is 2.76. The Hall–Kier alpha value is -1.17. The molecule has 0 spiro atoms. The molecule has 3 nitrogen and oxygen atoms in total. The first-order valence-corrected chi connectivity index (χ1v) is 5.22. The van der Waals surface area contributed by atoms with Crippen LogP contribution < -0.4 is 5.73 Å². The zero-order valence-electron chi connectivity index (χ0n) is 8.47. The van der Waals surface area contributed by atoms with Crippen molar-refractivity contribution in [1.82, 2.24) is 0 Å². The lowest BCUT2D eigenvalue weighted by atomic mass is 10.1. The third-order valence-corrected chi connectivity index (χ3v) is 2.43. The standard InChI is InChI=1S/C10H10BrF2NO2/c1-5-7(2-6(11)3-8(5)14)10(15)16-4-9(12)13/h2-3,9H,4,14H2,1H3. The van der Waals surface area contributed by atoms with Crippen molar-refractivity contribution in [3.63, 3.8) is 0 Å². The molecule has 0 radical (unpaired) electrons. The highest BCUT2D eigenvalue weighted by Crippen LogP contribution is 2.23. The zero-order valence-corrected chi connectivity index (χ0v) is 10.1. The molecule has 0 aromatic heterocycles. The second-order valence-corrected chi connectivity index (χ2v) is 4.07. The molecule has 0 unspecified atom stereocenters. The van der Waals surface area contributed by atoms with E-state index in [4.69, 9.17) is 5.73 Å². The summed E-state index contributed by atoms with van der Waals surface area (Å²) in [6, 6.07) is 3.11. The summed E-state index contributed by atoms with van der Waals surface area (Å²) < 4.78 is 28.7. The van der Waals surface area contributed by atoms with Crippen molar-refractivity contribution in [2.45, 2.75) is 13.3 Å². The van der Waals surface area contributed by atoms with Gasteiger partial charge >= 0.3 is 5.97 Å². The Kier molecular flexibility index (Phi) is 4.23. The molecule has 0 aliphatic heterocycles. The molecule has 0 atom stereocenters. The molecule has 0 heterocycles. The van der Waals surface area contributed by atoms with Gasteiger partial charge in [0.1, 0.15) is 0 Å². The average Bonchev–Trinajstić information content (AvgIpc) is 2.19. The first-order valence-electron chi connectivity index (χ1n) is 4.42. The van der Waals surface area contributed by atoms with Crippen LogP contribution in [-0.4, -0.2) is 19.0 Å². The number of anilines is 1. The number of halogens is 3. The summed E-state index contributed by atoms with van der Waals surface area (Å²) in [6.45, 7) is 0.714. The molecule has 1 aromatic carbocycles. The van der Waals surface area contributed by atoms with Crippen LogP contribution in [0.4, 0.5) is 14.5 Å². The van der Waals surface area contributed by atoms with E-state index < -0.39 is 19.0 Å². The molecule has 88 valence electrons. The van der Waals surface area contributed by atoms with Crippen LogP contribution in [0.2, 0.25) is 0 Å². The lowest BCUT2D eigenvalue weighted by molar-refractivity contribution is 0.0159. The molecule has 1 rings (SSSR count). The van der Waals surface area contributed by atoms with Gasteiger partial charge in [-0.1, -0.05) is 15.9 Å². The summed E-state index contributed by atoms with van der Waals surface area (Å²) >= 11 is 3.16. The van der Waals surface area contributed by atoms with Gasteiger partial charge in [0.25, 0.3) is 6.43 Å². The minimum atomic E-state index is -2.67. The predicted molar refractivity (Wildman–Crippen MR) is 59.6 cm³/mol. The third-order valence-electron chi connectivity index (χ3n) is 1.97. The van der Waals surface area contributed by atoms with Gasteiger partial charge < -0.3 is 10.5 Å². The number of esters is 1. The van der Waals surface area contributed by atoms with E-state index in [-0.39, 0.29) is 5.56 Å². The van der Waals surface area contributed by atoms with E-state index in [1.807, 2.05) is 0 Å². The number of rotatable bonds is 3. The van der Waals surface area contributed by atoms with Crippen LogP contribution in [0.25, 0.3) is 0 Å². The molecular formula is C10H10BrF2NO2. The van der Waals surface area contributed by atoms with Gasteiger partial charge in [-0.3, -0.25) is 0 Å². The molecule has 0 fully saturated rings. The molecular weight excluding hydrogens is 284 g/mol. The summed E-state index contributed by atoms with van der Waals surface area (Å²) in [4.78, 5) is 11.4. The quantitative estimate of drug-likeness (QED) is 0.689. The van der Waals surface area contributed by atoms with Gasteiger partial charge in [-0.15, -0.1) is 0 Å². The van der Waals surface area contributed by atoms with E-state index in [0.717, 1.165) is 0 Å². The third kappa shape index (κ3) is 3.16.